The van der Waals surface area contributed by atoms with Gasteiger partial charge in [-0.1, -0.05) is 172 Å². The van der Waals surface area contributed by atoms with Gasteiger partial charge < -0.3 is 4.57 Å². The number of hydrogen-bond acceptors (Lipinski definition) is 3. The summed E-state index contributed by atoms with van der Waals surface area (Å²) in [6.45, 7) is 4.69. The summed E-state index contributed by atoms with van der Waals surface area (Å²) >= 11 is 0. The minimum atomic E-state index is -0.0763. The molecule has 0 unspecified atom stereocenters. The summed E-state index contributed by atoms with van der Waals surface area (Å²) in [5.41, 5.74) is 13.9. The maximum absolute atomic E-state index is 5.22. The molecule has 8 aromatic carbocycles. The third kappa shape index (κ3) is 4.89. The van der Waals surface area contributed by atoms with Crippen molar-refractivity contribution in [3.63, 3.8) is 0 Å². The van der Waals surface area contributed by atoms with Crippen molar-refractivity contribution in [2.75, 3.05) is 0 Å². The number of benzene rings is 8. The Kier molecular flexibility index (Phi) is 7.17. The average Bonchev–Trinajstić information content (AvgIpc) is 3.72. The Bertz CT molecular complexity index is 3100. The van der Waals surface area contributed by atoms with Gasteiger partial charge in [-0.25, -0.2) is 15.0 Å². The molecule has 0 atom stereocenters. The zero-order valence-corrected chi connectivity index (χ0v) is 31.1. The van der Waals surface area contributed by atoms with Gasteiger partial charge in [0.25, 0.3) is 0 Å². The highest BCUT2D eigenvalue weighted by Gasteiger charge is 2.36. The minimum absolute atomic E-state index is 0.0763. The second-order valence-corrected chi connectivity index (χ2v) is 15.2. The second kappa shape index (κ2) is 12.4. The lowest BCUT2D eigenvalue weighted by molar-refractivity contribution is 0.660. The maximum atomic E-state index is 5.22. The molecule has 4 nitrogen and oxygen atoms in total. The molecule has 2 heterocycles. The first-order chi connectivity index (χ1) is 27.5. The predicted octanol–water partition coefficient (Wildman–Crippen LogP) is 13.1. The zero-order valence-electron chi connectivity index (χ0n) is 31.1. The van der Waals surface area contributed by atoms with Crippen LogP contribution in [0.1, 0.15) is 25.0 Å². The monoisotopic (exact) mass is 716 g/mol. The highest BCUT2D eigenvalue weighted by atomic mass is 15.0. The maximum Gasteiger partial charge on any atom is 0.166 e. The van der Waals surface area contributed by atoms with E-state index in [0.717, 1.165) is 38.8 Å². The molecule has 0 amide bonds. The zero-order chi connectivity index (χ0) is 37.4. The van der Waals surface area contributed by atoms with Gasteiger partial charge in [-0.05, 0) is 63.0 Å². The number of para-hydroxylation sites is 1. The first-order valence-corrected chi connectivity index (χ1v) is 19.2. The summed E-state index contributed by atoms with van der Waals surface area (Å²) in [5.74, 6) is 1.91. The fourth-order valence-corrected chi connectivity index (χ4v) is 8.99. The first-order valence-electron chi connectivity index (χ1n) is 19.2. The van der Waals surface area contributed by atoms with Crippen LogP contribution in [0.5, 0.6) is 0 Å². The van der Waals surface area contributed by atoms with Crippen molar-refractivity contribution in [1.29, 1.82) is 0 Å². The van der Waals surface area contributed by atoms with E-state index in [4.69, 9.17) is 15.0 Å². The summed E-state index contributed by atoms with van der Waals surface area (Å²) < 4.78 is 2.42. The van der Waals surface area contributed by atoms with Gasteiger partial charge in [-0.3, -0.25) is 0 Å². The van der Waals surface area contributed by atoms with Gasteiger partial charge in [-0.2, -0.15) is 0 Å². The minimum Gasteiger partial charge on any atom is -0.308 e. The molecule has 0 saturated heterocycles. The Balaban J connectivity index is 1.22. The topological polar surface area (TPSA) is 43.6 Å². The van der Waals surface area contributed by atoms with Gasteiger partial charge in [0, 0.05) is 38.3 Å². The van der Waals surface area contributed by atoms with E-state index < -0.39 is 0 Å². The molecule has 10 aromatic rings. The van der Waals surface area contributed by atoms with Crippen molar-refractivity contribution < 1.29 is 0 Å². The van der Waals surface area contributed by atoms with Crippen LogP contribution in [0.2, 0.25) is 0 Å². The van der Waals surface area contributed by atoms with E-state index in [2.05, 4.69) is 164 Å². The van der Waals surface area contributed by atoms with Crippen molar-refractivity contribution in [3.8, 4) is 62.1 Å². The second-order valence-electron chi connectivity index (χ2n) is 15.2. The van der Waals surface area contributed by atoms with Crippen molar-refractivity contribution in [2.24, 2.45) is 0 Å². The van der Waals surface area contributed by atoms with Gasteiger partial charge in [-0.15, -0.1) is 0 Å². The van der Waals surface area contributed by atoms with E-state index in [1.54, 1.807) is 0 Å². The van der Waals surface area contributed by atoms with Crippen LogP contribution in [0, 0.1) is 0 Å². The van der Waals surface area contributed by atoms with Gasteiger partial charge in [0.2, 0.25) is 0 Å². The van der Waals surface area contributed by atoms with Crippen LogP contribution in [0.15, 0.2) is 182 Å². The lowest BCUT2D eigenvalue weighted by Crippen LogP contribution is -2.14. The molecule has 0 saturated carbocycles. The molecular formula is C52H36N4. The molecule has 0 fully saturated rings. The Hall–Kier alpha value is -7.17. The first kappa shape index (κ1) is 32.3. The van der Waals surface area contributed by atoms with Crippen LogP contribution in [0.25, 0.3) is 94.7 Å². The van der Waals surface area contributed by atoms with Crippen molar-refractivity contribution in [2.45, 2.75) is 19.3 Å². The molecule has 0 aliphatic heterocycles. The summed E-state index contributed by atoms with van der Waals surface area (Å²) in [7, 11) is 0. The summed E-state index contributed by atoms with van der Waals surface area (Å²) in [4.78, 5) is 15.5. The van der Waals surface area contributed by atoms with E-state index >= 15 is 0 Å². The Morgan fingerprint density at radius 2 is 0.982 bits per heavy atom. The van der Waals surface area contributed by atoms with Crippen molar-refractivity contribution in [3.05, 3.63) is 193 Å². The number of hydrogen-bond donors (Lipinski definition) is 0. The quantitative estimate of drug-likeness (QED) is 0.178. The van der Waals surface area contributed by atoms with E-state index in [1.807, 2.05) is 36.4 Å². The molecular weight excluding hydrogens is 681 g/mol. The standard InChI is InChI=1S/C52H36N4/c1-52(2)43-27-12-11-23-40(43)47-38(24-15-28-44(47)52)36-30-31-46-42(32-36)39-25-14-26-41(48(39)56(46)45-29-13-21-33-16-9-10-22-37(33)45)51-54-49(34-17-5-3-6-18-34)53-50(55-51)35-19-7-4-8-20-35/h3-32H,1-2H3. The van der Waals surface area contributed by atoms with E-state index in [9.17, 15) is 0 Å². The van der Waals surface area contributed by atoms with Crippen molar-refractivity contribution >= 4 is 32.6 Å². The Morgan fingerprint density at radius 3 is 1.77 bits per heavy atom. The lowest BCUT2D eigenvalue weighted by Gasteiger charge is -2.21. The fourth-order valence-electron chi connectivity index (χ4n) is 8.99. The van der Waals surface area contributed by atoms with Crippen LogP contribution in [-0.2, 0) is 5.41 Å². The molecule has 11 rings (SSSR count). The molecule has 56 heavy (non-hydrogen) atoms. The third-order valence-corrected chi connectivity index (χ3v) is 11.7. The molecule has 0 bridgehead atoms. The largest absolute Gasteiger partial charge is 0.308 e. The highest BCUT2D eigenvalue weighted by Crippen LogP contribution is 2.52. The van der Waals surface area contributed by atoms with Crippen molar-refractivity contribution in [1.82, 2.24) is 19.5 Å². The Labute approximate surface area is 325 Å². The van der Waals surface area contributed by atoms with Crippen LogP contribution < -0.4 is 0 Å². The van der Waals surface area contributed by atoms with E-state index in [1.165, 1.54) is 49.5 Å². The van der Waals surface area contributed by atoms with Gasteiger partial charge in [0.1, 0.15) is 0 Å². The highest BCUT2D eigenvalue weighted by molar-refractivity contribution is 6.15. The number of rotatable bonds is 5. The molecule has 264 valence electrons. The van der Waals surface area contributed by atoms with Gasteiger partial charge >= 0.3 is 0 Å². The molecule has 0 N–H and O–H groups in total. The van der Waals surface area contributed by atoms with Crippen LogP contribution in [0.4, 0.5) is 0 Å². The molecule has 1 aliphatic carbocycles. The predicted molar refractivity (Wildman–Crippen MR) is 231 cm³/mol. The number of aromatic nitrogens is 4. The van der Waals surface area contributed by atoms with E-state index in [0.29, 0.717) is 17.5 Å². The van der Waals surface area contributed by atoms with Gasteiger partial charge in [0.15, 0.2) is 17.5 Å². The lowest BCUT2D eigenvalue weighted by atomic mass is 9.82. The molecule has 4 heteroatoms. The summed E-state index contributed by atoms with van der Waals surface area (Å²) in [5, 5.41) is 4.69. The SMILES string of the molecule is CC1(C)c2ccccc2-c2c(-c3ccc4c(c3)c3cccc(-c5nc(-c6ccccc6)nc(-c6ccccc6)n5)c3n4-c3cccc4ccccc34)cccc21. The molecule has 2 aromatic heterocycles. The average molecular weight is 717 g/mol. The third-order valence-electron chi connectivity index (χ3n) is 11.7. The summed E-state index contributed by atoms with van der Waals surface area (Å²) in [6, 6.07) is 64.8. The fraction of sp³-hybridized carbons (Fsp3) is 0.0577. The number of nitrogens with zero attached hydrogens (tertiary/aromatic N) is 4. The van der Waals surface area contributed by atoms with E-state index in [-0.39, 0.29) is 5.41 Å². The molecule has 0 radical (unpaired) electrons. The van der Waals surface area contributed by atoms with Gasteiger partial charge in [0.05, 0.1) is 16.7 Å². The smallest absolute Gasteiger partial charge is 0.166 e. The van der Waals surface area contributed by atoms with Crippen LogP contribution in [0.3, 0.4) is 0 Å². The Morgan fingerprint density at radius 1 is 0.411 bits per heavy atom. The molecule has 0 spiro atoms. The van der Waals surface area contributed by atoms with Crippen LogP contribution >= 0.6 is 0 Å². The normalized spacial score (nSPS) is 13.0. The summed E-state index contributed by atoms with van der Waals surface area (Å²) in [6.07, 6.45) is 0. The molecule has 1 aliphatic rings. The number of fused-ring (bicyclic) bond motifs is 7. The van der Waals surface area contributed by atoms with Crippen LogP contribution in [-0.4, -0.2) is 19.5 Å².